The number of carbonyl (C=O) groups excluding carboxylic acids is 4. The lowest BCUT2D eigenvalue weighted by molar-refractivity contribution is -0.149. The maximum absolute atomic E-state index is 13.8. The number of carbonyl (C=O) groups is 4. The van der Waals surface area contributed by atoms with Crippen LogP contribution in [0, 0.1) is 5.92 Å². The van der Waals surface area contributed by atoms with Gasteiger partial charge in [0.15, 0.2) is 0 Å². The molecule has 0 aromatic heterocycles. The number of hydrogen-bond donors (Lipinski definition) is 2. The van der Waals surface area contributed by atoms with Crippen LogP contribution in [0.15, 0.2) is 84.9 Å². The Balaban J connectivity index is 1.50. The Bertz CT molecular complexity index is 1480. The minimum Gasteiger partial charge on any atom is -0.459 e. The van der Waals surface area contributed by atoms with E-state index >= 15 is 0 Å². The molecule has 250 valence electrons. The predicted molar refractivity (Wildman–Crippen MR) is 180 cm³/mol. The van der Waals surface area contributed by atoms with Crippen molar-refractivity contribution in [2.24, 2.45) is 5.92 Å². The summed E-state index contributed by atoms with van der Waals surface area (Å²) in [5, 5.41) is 5.71. The van der Waals surface area contributed by atoms with Crippen molar-refractivity contribution in [1.29, 1.82) is 0 Å². The van der Waals surface area contributed by atoms with Crippen LogP contribution in [0.4, 0.5) is 4.79 Å². The van der Waals surface area contributed by atoms with Crippen molar-refractivity contribution in [3.63, 3.8) is 0 Å². The van der Waals surface area contributed by atoms with Crippen molar-refractivity contribution in [2.75, 3.05) is 6.54 Å². The highest BCUT2D eigenvalue weighted by Gasteiger charge is 2.35. The number of benzene rings is 3. The van der Waals surface area contributed by atoms with E-state index in [1.807, 2.05) is 98.8 Å². The average molecular weight is 642 g/mol. The summed E-state index contributed by atoms with van der Waals surface area (Å²) in [5.74, 6) is -1.47. The molecule has 2 atom stereocenters. The maximum atomic E-state index is 13.8. The Labute approximate surface area is 278 Å². The highest BCUT2D eigenvalue weighted by Crippen LogP contribution is 2.26. The second-order valence-electron chi connectivity index (χ2n) is 13.5. The lowest BCUT2D eigenvalue weighted by atomic mass is 10.0. The summed E-state index contributed by atoms with van der Waals surface area (Å²) in [5.41, 5.74) is 3.17. The van der Waals surface area contributed by atoms with Gasteiger partial charge in [0.25, 0.3) is 0 Å². The number of nitrogens with zero attached hydrogens (tertiary/aromatic N) is 1. The third-order valence-corrected chi connectivity index (χ3v) is 7.88. The van der Waals surface area contributed by atoms with Crippen molar-refractivity contribution in [3.8, 4) is 0 Å². The van der Waals surface area contributed by atoms with Crippen LogP contribution in [0.1, 0.15) is 63.3 Å². The van der Waals surface area contributed by atoms with E-state index in [9.17, 15) is 19.2 Å². The van der Waals surface area contributed by atoms with Crippen molar-refractivity contribution >= 4 is 23.9 Å². The number of esters is 1. The monoisotopic (exact) mass is 641 g/mol. The summed E-state index contributed by atoms with van der Waals surface area (Å²) in [6.07, 6.45) is 1.15. The number of rotatable bonds is 13. The fourth-order valence-electron chi connectivity index (χ4n) is 5.66. The van der Waals surface area contributed by atoms with Crippen LogP contribution >= 0.6 is 0 Å². The smallest absolute Gasteiger partial charge is 0.411 e. The molecular weight excluding hydrogens is 594 g/mol. The molecule has 1 aliphatic carbocycles. The third kappa shape index (κ3) is 11.0. The van der Waals surface area contributed by atoms with Gasteiger partial charge in [-0.05, 0) is 68.2 Å². The minimum atomic E-state index is -1.01. The molecule has 0 saturated heterocycles. The summed E-state index contributed by atoms with van der Waals surface area (Å²) in [4.78, 5) is 55.6. The molecule has 0 heterocycles. The SMILES string of the molecule is CC(C)C[C@@H](NC(=O)[C@@H](Cc1ccccc1)NC(=O)CN(C(=O)OC(C)(C)C)C1Cc2ccccc2C1)C(=O)OCc1ccccc1. The zero-order chi connectivity index (χ0) is 34.0. The highest BCUT2D eigenvalue weighted by molar-refractivity contribution is 5.92. The molecule has 0 aliphatic heterocycles. The molecule has 0 saturated carbocycles. The zero-order valence-electron chi connectivity index (χ0n) is 28.0. The molecule has 1 aliphatic rings. The van der Waals surface area contributed by atoms with Crippen molar-refractivity contribution < 1.29 is 28.7 Å². The fourth-order valence-corrected chi connectivity index (χ4v) is 5.66. The zero-order valence-corrected chi connectivity index (χ0v) is 28.0. The van der Waals surface area contributed by atoms with E-state index in [1.54, 1.807) is 20.8 Å². The van der Waals surface area contributed by atoms with E-state index in [2.05, 4.69) is 10.6 Å². The first-order chi connectivity index (χ1) is 22.4. The van der Waals surface area contributed by atoms with Gasteiger partial charge in [-0.1, -0.05) is 98.8 Å². The van der Waals surface area contributed by atoms with E-state index in [0.717, 1.165) is 22.3 Å². The van der Waals surface area contributed by atoms with Crippen LogP contribution < -0.4 is 10.6 Å². The van der Waals surface area contributed by atoms with E-state index in [1.165, 1.54) is 4.90 Å². The molecule has 4 rings (SSSR count). The number of amides is 3. The van der Waals surface area contributed by atoms with Gasteiger partial charge in [-0.15, -0.1) is 0 Å². The minimum absolute atomic E-state index is 0.0832. The van der Waals surface area contributed by atoms with Gasteiger partial charge < -0.3 is 20.1 Å². The first-order valence-corrected chi connectivity index (χ1v) is 16.3. The Morgan fingerprint density at radius 1 is 0.787 bits per heavy atom. The maximum Gasteiger partial charge on any atom is 0.411 e. The second-order valence-corrected chi connectivity index (χ2v) is 13.5. The van der Waals surface area contributed by atoms with Gasteiger partial charge in [0.1, 0.15) is 30.8 Å². The first-order valence-electron chi connectivity index (χ1n) is 16.3. The van der Waals surface area contributed by atoms with Crippen LogP contribution in [0.2, 0.25) is 0 Å². The standard InChI is InChI=1S/C38H47N3O6/c1-26(2)20-33(36(44)46-25-28-16-10-7-11-17-28)40-35(43)32(21-27-14-8-6-9-15-27)39-34(42)24-41(37(45)47-38(3,4)5)31-22-29-18-12-13-19-30(29)23-31/h6-19,26,31-33H,20-25H2,1-5H3,(H,39,42)(H,40,43)/t32-,33-/m1/s1. The third-order valence-electron chi connectivity index (χ3n) is 7.88. The van der Waals surface area contributed by atoms with E-state index in [0.29, 0.717) is 19.3 Å². The van der Waals surface area contributed by atoms with E-state index < -0.39 is 41.6 Å². The molecule has 3 aromatic rings. The number of hydrogen-bond acceptors (Lipinski definition) is 6. The van der Waals surface area contributed by atoms with Gasteiger partial charge in [0.2, 0.25) is 11.8 Å². The van der Waals surface area contributed by atoms with Gasteiger partial charge in [-0.2, -0.15) is 0 Å². The van der Waals surface area contributed by atoms with Gasteiger partial charge in [-0.25, -0.2) is 9.59 Å². The largest absolute Gasteiger partial charge is 0.459 e. The first kappa shape index (κ1) is 35.2. The molecule has 0 bridgehead atoms. The molecule has 0 fully saturated rings. The van der Waals surface area contributed by atoms with Gasteiger partial charge in [-0.3, -0.25) is 14.5 Å². The quantitative estimate of drug-likeness (QED) is 0.242. The molecule has 3 aromatic carbocycles. The van der Waals surface area contributed by atoms with Gasteiger partial charge in [0.05, 0.1) is 0 Å². The van der Waals surface area contributed by atoms with Crippen LogP contribution in [0.25, 0.3) is 0 Å². The second kappa shape index (κ2) is 16.3. The van der Waals surface area contributed by atoms with Crippen molar-refractivity contribution in [2.45, 2.75) is 90.6 Å². The molecule has 2 N–H and O–H groups in total. The fraction of sp³-hybridized carbons (Fsp3) is 0.421. The average Bonchev–Trinajstić information content (AvgIpc) is 3.46. The predicted octanol–water partition coefficient (Wildman–Crippen LogP) is 5.39. The molecule has 3 amide bonds. The molecule has 9 heteroatoms. The summed E-state index contributed by atoms with van der Waals surface area (Å²) in [7, 11) is 0. The molecular formula is C38H47N3O6. The Hall–Kier alpha value is -4.66. The molecule has 9 nitrogen and oxygen atoms in total. The number of fused-ring (bicyclic) bond motifs is 1. The summed E-state index contributed by atoms with van der Waals surface area (Å²) in [6.45, 7) is 9.06. The molecule has 47 heavy (non-hydrogen) atoms. The molecule has 0 spiro atoms. The lowest BCUT2D eigenvalue weighted by Crippen LogP contribution is -2.55. The normalized spacial score (nSPS) is 14.1. The lowest BCUT2D eigenvalue weighted by Gasteiger charge is -2.32. The van der Waals surface area contributed by atoms with Crippen LogP contribution in [0.5, 0.6) is 0 Å². The van der Waals surface area contributed by atoms with E-state index in [-0.39, 0.29) is 31.5 Å². The van der Waals surface area contributed by atoms with E-state index in [4.69, 9.17) is 9.47 Å². The van der Waals surface area contributed by atoms with Crippen LogP contribution in [-0.4, -0.2) is 59.0 Å². The van der Waals surface area contributed by atoms with Gasteiger partial charge in [0, 0.05) is 12.5 Å². The molecule has 0 unspecified atom stereocenters. The van der Waals surface area contributed by atoms with Crippen molar-refractivity contribution in [3.05, 3.63) is 107 Å². The summed E-state index contributed by atoms with van der Waals surface area (Å²) < 4.78 is 11.3. The Morgan fingerprint density at radius 3 is 1.89 bits per heavy atom. The van der Waals surface area contributed by atoms with Crippen LogP contribution in [-0.2, 0) is 49.7 Å². The topological polar surface area (TPSA) is 114 Å². The number of ether oxygens (including phenoxy) is 2. The summed E-state index contributed by atoms with van der Waals surface area (Å²) >= 11 is 0. The number of nitrogens with one attached hydrogen (secondary N) is 2. The van der Waals surface area contributed by atoms with Crippen molar-refractivity contribution in [1.82, 2.24) is 15.5 Å². The Morgan fingerprint density at radius 2 is 1.34 bits per heavy atom. The van der Waals surface area contributed by atoms with Gasteiger partial charge >= 0.3 is 12.1 Å². The highest BCUT2D eigenvalue weighted by atomic mass is 16.6. The Kier molecular flexibility index (Phi) is 12.2. The van der Waals surface area contributed by atoms with Crippen LogP contribution in [0.3, 0.4) is 0 Å². The summed E-state index contributed by atoms with van der Waals surface area (Å²) in [6, 6.07) is 24.4. The molecule has 0 radical (unpaired) electrons.